The smallest absolute Gasteiger partial charge is 0.323 e. The maximum Gasteiger partial charge on any atom is 0.323 e. The van der Waals surface area contributed by atoms with Gasteiger partial charge in [-0.3, -0.25) is 14.8 Å². The molecule has 1 aromatic carbocycles. The van der Waals surface area contributed by atoms with Crippen LogP contribution in [0.4, 0.5) is 10.6 Å². The van der Waals surface area contributed by atoms with Gasteiger partial charge in [0.05, 0.1) is 5.69 Å². The highest BCUT2D eigenvalue weighted by atomic mass is 16.2. The Morgan fingerprint density at radius 2 is 1.87 bits per heavy atom. The second-order valence-corrected chi connectivity index (χ2v) is 5.46. The molecule has 0 aliphatic carbocycles. The fourth-order valence-electron chi connectivity index (χ4n) is 2.63. The fourth-order valence-corrected chi connectivity index (χ4v) is 2.63. The molecule has 0 saturated carbocycles. The third-order valence-corrected chi connectivity index (χ3v) is 3.93. The molecule has 3 amide bonds. The number of benzene rings is 1. The SMILES string of the molecule is Cn1nc(NC(=O)N2CCN(C=O)CC2)cc1-c1ccccc1. The number of aryl methyl sites for hydroxylation is 1. The Morgan fingerprint density at radius 3 is 2.52 bits per heavy atom. The van der Waals surface area contributed by atoms with E-state index in [2.05, 4.69) is 10.4 Å². The minimum Gasteiger partial charge on any atom is -0.342 e. The number of urea groups is 1. The van der Waals surface area contributed by atoms with Crippen molar-refractivity contribution in [1.82, 2.24) is 19.6 Å². The van der Waals surface area contributed by atoms with Gasteiger partial charge in [-0.05, 0) is 5.56 Å². The van der Waals surface area contributed by atoms with Crippen LogP contribution in [0.25, 0.3) is 11.3 Å². The van der Waals surface area contributed by atoms with Crippen LogP contribution in [-0.2, 0) is 11.8 Å². The first kappa shape index (κ1) is 15.1. The zero-order valence-electron chi connectivity index (χ0n) is 13.0. The zero-order chi connectivity index (χ0) is 16.2. The average molecular weight is 313 g/mol. The molecule has 120 valence electrons. The topological polar surface area (TPSA) is 70.5 Å². The molecule has 1 saturated heterocycles. The molecule has 0 unspecified atom stereocenters. The van der Waals surface area contributed by atoms with Gasteiger partial charge in [0.15, 0.2) is 5.82 Å². The molecule has 3 rings (SSSR count). The number of nitrogens with one attached hydrogen (secondary N) is 1. The third kappa shape index (κ3) is 3.33. The number of hydrogen-bond acceptors (Lipinski definition) is 3. The molecule has 1 N–H and O–H groups in total. The van der Waals surface area contributed by atoms with Gasteiger partial charge in [0.2, 0.25) is 6.41 Å². The van der Waals surface area contributed by atoms with Crippen LogP contribution in [-0.4, -0.2) is 58.2 Å². The molecule has 1 fully saturated rings. The van der Waals surface area contributed by atoms with Crippen molar-refractivity contribution in [1.29, 1.82) is 0 Å². The molecule has 0 radical (unpaired) electrons. The van der Waals surface area contributed by atoms with E-state index in [4.69, 9.17) is 0 Å². The molecule has 0 atom stereocenters. The average Bonchev–Trinajstić information content (AvgIpc) is 2.96. The molecule has 1 aromatic heterocycles. The number of carbonyl (C=O) groups excluding carboxylic acids is 2. The van der Waals surface area contributed by atoms with E-state index in [0.717, 1.165) is 17.7 Å². The fraction of sp³-hybridized carbons (Fsp3) is 0.312. The van der Waals surface area contributed by atoms with Crippen molar-refractivity contribution < 1.29 is 9.59 Å². The van der Waals surface area contributed by atoms with Crippen LogP contribution in [0, 0.1) is 0 Å². The molecule has 1 aliphatic rings. The summed E-state index contributed by atoms with van der Waals surface area (Å²) in [7, 11) is 1.85. The van der Waals surface area contributed by atoms with Crippen molar-refractivity contribution in [2.45, 2.75) is 0 Å². The molecule has 2 heterocycles. The van der Waals surface area contributed by atoms with Crippen molar-refractivity contribution in [3.63, 3.8) is 0 Å². The van der Waals surface area contributed by atoms with Crippen LogP contribution < -0.4 is 5.32 Å². The summed E-state index contributed by atoms with van der Waals surface area (Å²) in [6.07, 6.45) is 0.820. The summed E-state index contributed by atoms with van der Waals surface area (Å²) in [6, 6.07) is 11.6. The number of hydrogen-bond donors (Lipinski definition) is 1. The first-order chi connectivity index (χ1) is 11.2. The van der Waals surface area contributed by atoms with E-state index in [1.165, 1.54) is 0 Å². The molecule has 0 spiro atoms. The number of carbonyl (C=O) groups is 2. The minimum absolute atomic E-state index is 0.187. The van der Waals surface area contributed by atoms with Gasteiger partial charge in [-0.25, -0.2) is 4.79 Å². The van der Waals surface area contributed by atoms with Crippen molar-refractivity contribution in [3.05, 3.63) is 36.4 Å². The van der Waals surface area contributed by atoms with E-state index in [-0.39, 0.29) is 6.03 Å². The zero-order valence-corrected chi connectivity index (χ0v) is 13.0. The van der Waals surface area contributed by atoms with Gasteiger partial charge >= 0.3 is 6.03 Å². The van der Waals surface area contributed by atoms with Gasteiger partial charge < -0.3 is 9.80 Å². The van der Waals surface area contributed by atoms with Crippen LogP contribution in [0.15, 0.2) is 36.4 Å². The Kier molecular flexibility index (Phi) is 4.27. The maximum absolute atomic E-state index is 12.3. The lowest BCUT2D eigenvalue weighted by Crippen LogP contribution is -2.49. The number of anilines is 1. The highest BCUT2D eigenvalue weighted by molar-refractivity contribution is 5.89. The minimum atomic E-state index is -0.187. The van der Waals surface area contributed by atoms with E-state index < -0.39 is 0 Å². The molecule has 7 heteroatoms. The van der Waals surface area contributed by atoms with Crippen molar-refractivity contribution in [2.24, 2.45) is 7.05 Å². The maximum atomic E-state index is 12.3. The third-order valence-electron chi connectivity index (χ3n) is 3.93. The molecule has 23 heavy (non-hydrogen) atoms. The van der Waals surface area contributed by atoms with Crippen LogP contribution in [0.3, 0.4) is 0 Å². The lowest BCUT2D eigenvalue weighted by Gasteiger charge is -2.32. The van der Waals surface area contributed by atoms with E-state index in [1.807, 2.05) is 43.4 Å². The Bertz CT molecular complexity index is 690. The Balaban J connectivity index is 1.67. The number of rotatable bonds is 3. The summed E-state index contributed by atoms with van der Waals surface area (Å²) >= 11 is 0. The Labute approximate surface area is 134 Å². The lowest BCUT2D eigenvalue weighted by atomic mass is 10.1. The second kappa shape index (κ2) is 6.51. The quantitative estimate of drug-likeness (QED) is 0.871. The second-order valence-electron chi connectivity index (χ2n) is 5.46. The van der Waals surface area contributed by atoms with Crippen molar-refractivity contribution in [3.8, 4) is 11.3 Å². The number of piperazine rings is 1. The van der Waals surface area contributed by atoms with Crippen LogP contribution >= 0.6 is 0 Å². The van der Waals surface area contributed by atoms with Crippen LogP contribution in [0.5, 0.6) is 0 Å². The predicted molar refractivity (Wildman–Crippen MR) is 86.9 cm³/mol. The highest BCUT2D eigenvalue weighted by Crippen LogP contribution is 2.21. The van der Waals surface area contributed by atoms with Crippen LogP contribution in [0.1, 0.15) is 0 Å². The highest BCUT2D eigenvalue weighted by Gasteiger charge is 2.21. The van der Waals surface area contributed by atoms with Gasteiger partial charge in [0.25, 0.3) is 0 Å². The predicted octanol–water partition coefficient (Wildman–Crippen LogP) is 1.39. The normalized spacial score (nSPS) is 14.7. The van der Waals surface area contributed by atoms with Crippen LogP contribution in [0.2, 0.25) is 0 Å². The van der Waals surface area contributed by atoms with Crippen molar-refractivity contribution >= 4 is 18.3 Å². The lowest BCUT2D eigenvalue weighted by molar-refractivity contribution is -0.119. The molecule has 1 aliphatic heterocycles. The summed E-state index contributed by atoms with van der Waals surface area (Å²) in [6.45, 7) is 2.19. The summed E-state index contributed by atoms with van der Waals surface area (Å²) in [5, 5.41) is 7.17. The van der Waals surface area contributed by atoms with Gasteiger partial charge in [0, 0.05) is 39.3 Å². The number of amides is 3. The molecule has 7 nitrogen and oxygen atoms in total. The van der Waals surface area contributed by atoms with E-state index in [0.29, 0.717) is 32.0 Å². The largest absolute Gasteiger partial charge is 0.342 e. The first-order valence-corrected chi connectivity index (χ1v) is 7.52. The number of nitrogens with zero attached hydrogens (tertiary/aromatic N) is 4. The van der Waals surface area contributed by atoms with Gasteiger partial charge in [-0.2, -0.15) is 5.10 Å². The van der Waals surface area contributed by atoms with Gasteiger partial charge in [-0.1, -0.05) is 30.3 Å². The van der Waals surface area contributed by atoms with Gasteiger partial charge in [-0.15, -0.1) is 0 Å². The molecule has 0 bridgehead atoms. The molecular weight excluding hydrogens is 294 g/mol. The van der Waals surface area contributed by atoms with Gasteiger partial charge in [0.1, 0.15) is 0 Å². The van der Waals surface area contributed by atoms with E-state index >= 15 is 0 Å². The van der Waals surface area contributed by atoms with E-state index in [1.54, 1.807) is 14.5 Å². The Hall–Kier alpha value is -2.83. The summed E-state index contributed by atoms with van der Waals surface area (Å²) in [5.74, 6) is 0.522. The monoisotopic (exact) mass is 313 g/mol. The molecule has 2 aromatic rings. The summed E-state index contributed by atoms with van der Waals surface area (Å²) in [5.41, 5.74) is 1.98. The number of aromatic nitrogens is 2. The Morgan fingerprint density at radius 1 is 1.17 bits per heavy atom. The molecular formula is C16H19N5O2. The summed E-state index contributed by atoms with van der Waals surface area (Å²) in [4.78, 5) is 26.3. The standard InChI is InChI=1S/C16H19N5O2/c1-19-14(13-5-3-2-4-6-13)11-15(18-19)17-16(23)21-9-7-20(12-22)8-10-21/h2-6,11-12H,7-10H2,1H3,(H,17,18,23). The first-order valence-electron chi connectivity index (χ1n) is 7.52. The summed E-state index contributed by atoms with van der Waals surface area (Å²) < 4.78 is 1.75. The van der Waals surface area contributed by atoms with Crippen molar-refractivity contribution in [2.75, 3.05) is 31.5 Å². The van der Waals surface area contributed by atoms with E-state index in [9.17, 15) is 9.59 Å².